The number of unbranched alkanes of at least 4 members (excludes halogenated alkanes) is 2. The predicted octanol–water partition coefficient (Wildman–Crippen LogP) is 4.02. The first-order valence-corrected chi connectivity index (χ1v) is 7.77. The van der Waals surface area contributed by atoms with Crippen LogP contribution in [0.1, 0.15) is 50.7 Å². The highest BCUT2D eigenvalue weighted by molar-refractivity contribution is 5.84. The normalized spacial score (nSPS) is 13.1. The number of rotatable bonds is 8. The van der Waals surface area contributed by atoms with Gasteiger partial charge in [0.1, 0.15) is 0 Å². The highest BCUT2D eigenvalue weighted by Gasteiger charge is 2.13. The van der Waals surface area contributed by atoms with Crippen LogP contribution in [0.4, 0.5) is 0 Å². The fourth-order valence-electron chi connectivity index (χ4n) is 2.18. The monoisotopic (exact) mass is 275 g/mol. The average Bonchev–Trinajstić information content (AvgIpc) is 2.48. The number of nitrogens with zero attached hydrogens (tertiary/aromatic N) is 1. The van der Waals surface area contributed by atoms with E-state index in [1.54, 1.807) is 0 Å². The second-order valence-corrected chi connectivity index (χ2v) is 5.19. The van der Waals surface area contributed by atoms with E-state index in [1.807, 2.05) is 6.21 Å². The Morgan fingerprint density at radius 1 is 1.00 bits per heavy atom. The lowest BCUT2D eigenvalue weighted by Gasteiger charge is -2.17. The molecule has 0 unspecified atom stereocenters. The van der Waals surface area contributed by atoms with Gasteiger partial charge in [-0.2, -0.15) is 0 Å². The van der Waals surface area contributed by atoms with Crippen LogP contribution in [-0.4, -0.2) is 26.0 Å². The van der Waals surface area contributed by atoms with E-state index in [4.69, 9.17) is 9.47 Å². The van der Waals surface area contributed by atoms with E-state index in [0.717, 1.165) is 63.4 Å². The summed E-state index contributed by atoms with van der Waals surface area (Å²) in [5.74, 6) is 1.75. The van der Waals surface area contributed by atoms with E-state index in [-0.39, 0.29) is 0 Å². The molecule has 3 heteroatoms. The molecule has 3 nitrogen and oxygen atoms in total. The van der Waals surface area contributed by atoms with Crippen molar-refractivity contribution in [2.24, 2.45) is 4.99 Å². The molecule has 1 aromatic carbocycles. The molecule has 0 bridgehead atoms. The van der Waals surface area contributed by atoms with Crippen molar-refractivity contribution in [3.05, 3.63) is 23.3 Å². The summed E-state index contributed by atoms with van der Waals surface area (Å²) in [5, 5.41) is 0. The molecule has 1 aliphatic rings. The summed E-state index contributed by atoms with van der Waals surface area (Å²) in [6, 6.07) is 4.21. The average molecular weight is 275 g/mol. The summed E-state index contributed by atoms with van der Waals surface area (Å²) in [4.78, 5) is 4.34. The molecule has 110 valence electrons. The summed E-state index contributed by atoms with van der Waals surface area (Å²) in [6.45, 7) is 6.72. The first-order chi connectivity index (χ1) is 9.85. The molecule has 1 aliphatic heterocycles. The van der Waals surface area contributed by atoms with Crippen molar-refractivity contribution in [1.29, 1.82) is 0 Å². The summed E-state index contributed by atoms with van der Waals surface area (Å²) in [6.07, 6.45) is 7.36. The second kappa shape index (κ2) is 7.93. The maximum Gasteiger partial charge on any atom is 0.161 e. The van der Waals surface area contributed by atoms with Crippen molar-refractivity contribution in [2.45, 2.75) is 46.0 Å². The van der Waals surface area contributed by atoms with Gasteiger partial charge in [0.05, 0.1) is 13.2 Å². The topological polar surface area (TPSA) is 30.8 Å². The lowest BCUT2D eigenvalue weighted by atomic mass is 10.0. The molecule has 0 atom stereocenters. The van der Waals surface area contributed by atoms with Crippen molar-refractivity contribution < 1.29 is 9.47 Å². The SMILES string of the molecule is CCCCOc1cc2c(cc1OCCCC)CCN=C2. The number of hydrogen-bond donors (Lipinski definition) is 0. The Morgan fingerprint density at radius 3 is 2.30 bits per heavy atom. The molecule has 1 heterocycles. The second-order valence-electron chi connectivity index (χ2n) is 5.19. The Morgan fingerprint density at radius 2 is 1.65 bits per heavy atom. The third-order valence-electron chi connectivity index (χ3n) is 3.46. The van der Waals surface area contributed by atoms with Crippen molar-refractivity contribution in [3.8, 4) is 11.5 Å². The van der Waals surface area contributed by atoms with Crippen LogP contribution in [0.5, 0.6) is 11.5 Å². The minimum atomic E-state index is 0.747. The van der Waals surface area contributed by atoms with E-state index in [2.05, 4.69) is 31.0 Å². The van der Waals surface area contributed by atoms with Crippen LogP contribution in [0.2, 0.25) is 0 Å². The molecule has 0 aromatic heterocycles. The molecule has 0 fully saturated rings. The van der Waals surface area contributed by atoms with Gasteiger partial charge in [-0.15, -0.1) is 0 Å². The van der Waals surface area contributed by atoms with Gasteiger partial charge >= 0.3 is 0 Å². The zero-order valence-electron chi connectivity index (χ0n) is 12.7. The minimum absolute atomic E-state index is 0.747. The number of benzene rings is 1. The van der Waals surface area contributed by atoms with Gasteiger partial charge in [0.2, 0.25) is 0 Å². The van der Waals surface area contributed by atoms with Crippen molar-refractivity contribution >= 4 is 6.21 Å². The molecule has 0 aliphatic carbocycles. The van der Waals surface area contributed by atoms with Crippen molar-refractivity contribution in [3.63, 3.8) is 0 Å². The van der Waals surface area contributed by atoms with Crippen LogP contribution in [0, 0.1) is 0 Å². The van der Waals surface area contributed by atoms with E-state index in [0.29, 0.717) is 0 Å². The van der Waals surface area contributed by atoms with E-state index in [9.17, 15) is 0 Å². The van der Waals surface area contributed by atoms with E-state index in [1.165, 1.54) is 11.1 Å². The van der Waals surface area contributed by atoms with Crippen LogP contribution in [-0.2, 0) is 6.42 Å². The molecule has 0 N–H and O–H groups in total. The Kier molecular flexibility index (Phi) is 5.90. The number of fused-ring (bicyclic) bond motifs is 1. The van der Waals surface area contributed by atoms with Crippen LogP contribution in [0.3, 0.4) is 0 Å². The van der Waals surface area contributed by atoms with Crippen LogP contribution in [0.25, 0.3) is 0 Å². The zero-order chi connectivity index (χ0) is 14.2. The fourth-order valence-corrected chi connectivity index (χ4v) is 2.18. The minimum Gasteiger partial charge on any atom is -0.490 e. The predicted molar refractivity (Wildman–Crippen MR) is 83.4 cm³/mol. The summed E-state index contributed by atoms with van der Waals surface area (Å²) >= 11 is 0. The first kappa shape index (κ1) is 14.9. The van der Waals surface area contributed by atoms with Crippen LogP contribution in [0.15, 0.2) is 17.1 Å². The van der Waals surface area contributed by atoms with Gasteiger partial charge in [-0.05, 0) is 42.5 Å². The Bertz CT molecular complexity index is 455. The Hall–Kier alpha value is -1.51. The van der Waals surface area contributed by atoms with Gasteiger partial charge in [0.25, 0.3) is 0 Å². The Labute approximate surface area is 122 Å². The van der Waals surface area contributed by atoms with Crippen LogP contribution >= 0.6 is 0 Å². The molecule has 0 spiro atoms. The van der Waals surface area contributed by atoms with Gasteiger partial charge in [-0.25, -0.2) is 0 Å². The molecule has 0 saturated carbocycles. The van der Waals surface area contributed by atoms with Gasteiger partial charge in [0, 0.05) is 12.8 Å². The van der Waals surface area contributed by atoms with Crippen LogP contribution < -0.4 is 9.47 Å². The van der Waals surface area contributed by atoms with E-state index < -0.39 is 0 Å². The Balaban J connectivity index is 2.14. The van der Waals surface area contributed by atoms with Gasteiger partial charge < -0.3 is 9.47 Å². The zero-order valence-corrected chi connectivity index (χ0v) is 12.7. The quantitative estimate of drug-likeness (QED) is 0.671. The molecular weight excluding hydrogens is 250 g/mol. The maximum absolute atomic E-state index is 5.90. The summed E-state index contributed by atoms with van der Waals surface area (Å²) in [7, 11) is 0. The van der Waals surface area contributed by atoms with E-state index >= 15 is 0 Å². The molecule has 1 aromatic rings. The molecule has 20 heavy (non-hydrogen) atoms. The molecule has 0 radical (unpaired) electrons. The van der Waals surface area contributed by atoms with Gasteiger partial charge in [0.15, 0.2) is 11.5 Å². The largest absolute Gasteiger partial charge is 0.490 e. The molecule has 0 amide bonds. The summed E-state index contributed by atoms with van der Waals surface area (Å²) in [5.41, 5.74) is 2.49. The lowest BCUT2D eigenvalue weighted by Crippen LogP contribution is -2.07. The van der Waals surface area contributed by atoms with Crippen molar-refractivity contribution in [2.75, 3.05) is 19.8 Å². The molecule has 2 rings (SSSR count). The number of aliphatic imine (C=N–C) groups is 1. The number of hydrogen-bond acceptors (Lipinski definition) is 3. The molecule has 0 saturated heterocycles. The highest BCUT2D eigenvalue weighted by atomic mass is 16.5. The number of ether oxygens (including phenoxy) is 2. The third-order valence-corrected chi connectivity index (χ3v) is 3.46. The summed E-state index contributed by atoms with van der Waals surface area (Å²) < 4.78 is 11.8. The standard InChI is InChI=1S/C17H25NO2/c1-3-5-9-19-16-11-14-7-8-18-13-15(14)12-17(16)20-10-6-4-2/h11-13H,3-10H2,1-2H3. The van der Waals surface area contributed by atoms with Gasteiger partial charge in [-0.3, -0.25) is 4.99 Å². The van der Waals surface area contributed by atoms with Gasteiger partial charge in [-0.1, -0.05) is 26.7 Å². The maximum atomic E-state index is 5.90. The first-order valence-electron chi connectivity index (χ1n) is 7.77. The lowest BCUT2D eigenvalue weighted by molar-refractivity contribution is 0.261. The van der Waals surface area contributed by atoms with Crippen molar-refractivity contribution in [1.82, 2.24) is 0 Å². The fraction of sp³-hybridized carbons (Fsp3) is 0.588. The molecular formula is C17H25NO2. The third kappa shape index (κ3) is 3.99. The smallest absolute Gasteiger partial charge is 0.161 e. The highest BCUT2D eigenvalue weighted by Crippen LogP contribution is 2.32.